The first-order valence-electron chi connectivity index (χ1n) is 6.57. The number of hydrogen-bond donors (Lipinski definition) is 1. The van der Waals surface area contributed by atoms with E-state index in [0.29, 0.717) is 15.7 Å². The molecule has 2 atom stereocenters. The monoisotopic (exact) mass is 424 g/mol. The summed E-state index contributed by atoms with van der Waals surface area (Å²) in [5.74, 6) is 0.532. The van der Waals surface area contributed by atoms with Crippen molar-refractivity contribution in [3.05, 3.63) is 22.9 Å². The van der Waals surface area contributed by atoms with Crippen molar-refractivity contribution in [2.45, 2.75) is 43.0 Å². The summed E-state index contributed by atoms with van der Waals surface area (Å²) in [6, 6.07) is 1.57. The Hall–Kier alpha value is 0.0200. The highest BCUT2D eigenvalue weighted by atomic mass is 79.9. The maximum atomic E-state index is 12.5. The van der Waals surface area contributed by atoms with Gasteiger partial charge >= 0.3 is 0 Å². The van der Waals surface area contributed by atoms with Crippen LogP contribution in [0.5, 0.6) is 0 Å². The van der Waals surface area contributed by atoms with Crippen LogP contribution in [-0.2, 0) is 10.0 Å². The van der Waals surface area contributed by atoms with Crippen molar-refractivity contribution in [1.29, 1.82) is 0 Å². The average molecular weight is 426 g/mol. The zero-order valence-electron chi connectivity index (χ0n) is 11.3. The molecule has 0 amide bonds. The van der Waals surface area contributed by atoms with Gasteiger partial charge in [0.2, 0.25) is 10.0 Å². The second kappa shape index (κ2) is 6.42. The Morgan fingerprint density at radius 2 is 2.25 bits per heavy atom. The summed E-state index contributed by atoms with van der Waals surface area (Å²) in [5.41, 5.74) is -0.390. The predicted octanol–water partition coefficient (Wildman–Crippen LogP) is 3.47. The summed E-state index contributed by atoms with van der Waals surface area (Å²) in [7, 11) is -3.55. The molecule has 1 aliphatic carbocycles. The Bertz CT molecular complexity index is 579. The molecule has 2 unspecified atom stereocenters. The Balaban J connectivity index is 2.26. The van der Waals surface area contributed by atoms with Gasteiger partial charge in [-0.05, 0) is 40.8 Å². The van der Waals surface area contributed by atoms with Crippen LogP contribution >= 0.6 is 31.9 Å². The van der Waals surface area contributed by atoms with Gasteiger partial charge in [0.15, 0.2) is 0 Å². The molecule has 1 aromatic rings. The van der Waals surface area contributed by atoms with Crippen LogP contribution in [0.2, 0.25) is 0 Å². The van der Waals surface area contributed by atoms with Crippen molar-refractivity contribution in [3.8, 4) is 0 Å². The molecule has 0 saturated heterocycles. The van der Waals surface area contributed by atoms with Crippen LogP contribution in [0.3, 0.4) is 0 Å². The van der Waals surface area contributed by atoms with Gasteiger partial charge in [-0.1, -0.05) is 35.7 Å². The van der Waals surface area contributed by atoms with Crippen LogP contribution in [0.1, 0.15) is 32.6 Å². The fourth-order valence-electron chi connectivity index (χ4n) is 2.78. The SMILES string of the molecule is CC1CCCC(CBr)(NS(=O)(=O)c2cncc(Br)c2)C1. The quantitative estimate of drug-likeness (QED) is 0.751. The number of rotatable bonds is 4. The first-order chi connectivity index (χ1) is 9.37. The molecule has 20 heavy (non-hydrogen) atoms. The summed E-state index contributed by atoms with van der Waals surface area (Å²) in [5, 5.41) is 0.630. The lowest BCUT2D eigenvalue weighted by Crippen LogP contribution is -2.52. The Morgan fingerprint density at radius 1 is 1.50 bits per heavy atom. The molecule has 1 aromatic heterocycles. The summed E-state index contributed by atoms with van der Waals surface area (Å²) in [4.78, 5) is 4.13. The molecule has 0 aromatic carbocycles. The molecule has 0 aliphatic heterocycles. The molecule has 1 N–H and O–H groups in total. The topological polar surface area (TPSA) is 59.1 Å². The fraction of sp³-hybridized carbons (Fsp3) is 0.615. The molecule has 1 heterocycles. The van der Waals surface area contributed by atoms with Gasteiger partial charge in [0, 0.05) is 27.7 Å². The van der Waals surface area contributed by atoms with Crippen molar-refractivity contribution in [1.82, 2.24) is 9.71 Å². The number of nitrogens with one attached hydrogen (secondary N) is 1. The minimum Gasteiger partial charge on any atom is -0.262 e. The fourth-order valence-corrected chi connectivity index (χ4v) is 5.56. The smallest absolute Gasteiger partial charge is 0.242 e. The second-order valence-electron chi connectivity index (χ2n) is 5.56. The molecule has 112 valence electrons. The Kier molecular flexibility index (Phi) is 5.26. The van der Waals surface area contributed by atoms with Gasteiger partial charge in [0.05, 0.1) is 0 Å². The first-order valence-corrected chi connectivity index (χ1v) is 9.97. The molecule has 1 aliphatic rings. The number of aromatic nitrogens is 1. The lowest BCUT2D eigenvalue weighted by molar-refractivity contribution is 0.241. The number of sulfonamides is 1. The van der Waals surface area contributed by atoms with E-state index in [0.717, 1.165) is 25.7 Å². The van der Waals surface area contributed by atoms with Gasteiger partial charge in [0.25, 0.3) is 0 Å². The van der Waals surface area contributed by atoms with Crippen molar-refractivity contribution in [3.63, 3.8) is 0 Å². The van der Waals surface area contributed by atoms with E-state index in [-0.39, 0.29) is 4.90 Å². The molecule has 1 fully saturated rings. The summed E-state index contributed by atoms with van der Waals surface area (Å²) in [6.45, 7) is 2.17. The third-order valence-corrected chi connectivity index (χ3v) is 6.74. The van der Waals surface area contributed by atoms with Crippen LogP contribution in [0.25, 0.3) is 0 Å². The van der Waals surface area contributed by atoms with Crippen LogP contribution in [-0.4, -0.2) is 24.3 Å². The lowest BCUT2D eigenvalue weighted by Gasteiger charge is -2.39. The van der Waals surface area contributed by atoms with Gasteiger partial charge in [-0.3, -0.25) is 4.98 Å². The van der Waals surface area contributed by atoms with E-state index in [9.17, 15) is 8.42 Å². The normalized spacial score (nSPS) is 27.4. The van der Waals surface area contributed by atoms with Crippen LogP contribution < -0.4 is 4.72 Å². The maximum Gasteiger partial charge on any atom is 0.242 e. The average Bonchev–Trinajstić information content (AvgIpc) is 2.38. The molecule has 7 heteroatoms. The number of alkyl halides is 1. The first kappa shape index (κ1) is 16.4. The number of hydrogen-bond acceptors (Lipinski definition) is 3. The van der Waals surface area contributed by atoms with E-state index in [4.69, 9.17) is 0 Å². The van der Waals surface area contributed by atoms with E-state index in [1.165, 1.54) is 6.20 Å². The predicted molar refractivity (Wildman–Crippen MR) is 86.4 cm³/mol. The molecule has 4 nitrogen and oxygen atoms in total. The van der Waals surface area contributed by atoms with Gasteiger partial charge in [-0.2, -0.15) is 0 Å². The highest BCUT2D eigenvalue weighted by Crippen LogP contribution is 2.34. The zero-order valence-corrected chi connectivity index (χ0v) is 15.3. The second-order valence-corrected chi connectivity index (χ2v) is 8.72. The molecule has 2 rings (SSSR count). The van der Waals surface area contributed by atoms with Gasteiger partial charge in [-0.25, -0.2) is 13.1 Å². The van der Waals surface area contributed by atoms with Crippen molar-refractivity contribution < 1.29 is 8.42 Å². The Labute approximate surface area is 137 Å². The standard InChI is InChI=1S/C13H18Br2N2O2S/c1-10-3-2-4-13(6-10,9-14)17-20(18,19)12-5-11(15)7-16-8-12/h5,7-8,10,17H,2-4,6,9H2,1H3. The summed E-state index contributed by atoms with van der Waals surface area (Å²) in [6.07, 6.45) is 6.88. The summed E-state index contributed by atoms with van der Waals surface area (Å²) < 4.78 is 28.6. The largest absolute Gasteiger partial charge is 0.262 e. The van der Waals surface area contributed by atoms with Gasteiger partial charge < -0.3 is 0 Å². The molecular formula is C13H18Br2N2O2S. The molecule has 1 saturated carbocycles. The number of pyridine rings is 1. The lowest BCUT2D eigenvalue weighted by atomic mass is 9.78. The highest BCUT2D eigenvalue weighted by molar-refractivity contribution is 9.10. The van der Waals surface area contributed by atoms with E-state index >= 15 is 0 Å². The number of nitrogens with zero attached hydrogens (tertiary/aromatic N) is 1. The third-order valence-electron chi connectivity index (χ3n) is 3.69. The molecule has 0 spiro atoms. The minimum absolute atomic E-state index is 0.199. The van der Waals surface area contributed by atoms with E-state index < -0.39 is 15.6 Å². The minimum atomic E-state index is -3.55. The summed E-state index contributed by atoms with van der Waals surface area (Å²) >= 11 is 6.74. The van der Waals surface area contributed by atoms with E-state index in [1.54, 1.807) is 12.3 Å². The molecular weight excluding hydrogens is 408 g/mol. The maximum absolute atomic E-state index is 12.5. The van der Waals surface area contributed by atoms with Crippen LogP contribution in [0, 0.1) is 5.92 Å². The van der Waals surface area contributed by atoms with E-state index in [2.05, 4.69) is 48.5 Å². The highest BCUT2D eigenvalue weighted by Gasteiger charge is 2.38. The third kappa shape index (κ3) is 3.81. The van der Waals surface area contributed by atoms with E-state index in [1.807, 2.05) is 0 Å². The Morgan fingerprint density at radius 3 is 2.85 bits per heavy atom. The van der Waals surface area contributed by atoms with Gasteiger partial charge in [-0.15, -0.1) is 0 Å². The molecule has 0 bridgehead atoms. The number of halogens is 2. The molecule has 0 radical (unpaired) electrons. The van der Waals surface area contributed by atoms with Crippen molar-refractivity contribution in [2.75, 3.05) is 5.33 Å². The van der Waals surface area contributed by atoms with Crippen molar-refractivity contribution in [2.24, 2.45) is 5.92 Å². The van der Waals surface area contributed by atoms with Gasteiger partial charge in [0.1, 0.15) is 4.90 Å². The zero-order chi connectivity index (χ0) is 14.8. The van der Waals surface area contributed by atoms with Crippen molar-refractivity contribution >= 4 is 41.9 Å². The van der Waals surface area contributed by atoms with Crippen LogP contribution in [0.15, 0.2) is 27.8 Å². The van der Waals surface area contributed by atoms with Crippen LogP contribution in [0.4, 0.5) is 0 Å².